The van der Waals surface area contributed by atoms with Crippen molar-refractivity contribution in [2.24, 2.45) is 0 Å². The minimum atomic E-state index is -1.59. The van der Waals surface area contributed by atoms with Crippen molar-refractivity contribution < 1.29 is 27.4 Å². The molecule has 0 unspecified atom stereocenters. The van der Waals surface area contributed by atoms with Crippen molar-refractivity contribution >= 4 is 6.09 Å². The van der Waals surface area contributed by atoms with Gasteiger partial charge < -0.3 is 14.8 Å². The highest BCUT2D eigenvalue weighted by atomic mass is 19.1. The van der Waals surface area contributed by atoms with Crippen molar-refractivity contribution in [2.45, 2.75) is 71.3 Å². The molecule has 0 saturated carbocycles. The van der Waals surface area contributed by atoms with Gasteiger partial charge in [-0.1, -0.05) is 18.2 Å². The molecule has 1 aliphatic rings. The molecule has 2 heterocycles. The number of rotatable bonds is 8. The summed E-state index contributed by atoms with van der Waals surface area (Å²) in [6, 6.07) is 6.99. The van der Waals surface area contributed by atoms with Gasteiger partial charge in [0.25, 0.3) is 0 Å². The molecule has 3 aromatic rings. The van der Waals surface area contributed by atoms with E-state index in [2.05, 4.69) is 15.5 Å². The maximum absolute atomic E-state index is 15.7. The van der Waals surface area contributed by atoms with Crippen molar-refractivity contribution in [3.63, 3.8) is 0 Å². The van der Waals surface area contributed by atoms with E-state index in [1.54, 1.807) is 33.2 Å². The predicted molar refractivity (Wildman–Crippen MR) is 147 cm³/mol. The molecule has 7 nitrogen and oxygen atoms in total. The molecule has 0 bridgehead atoms. The third-order valence-electron chi connectivity index (χ3n) is 6.61. The molecule has 0 spiro atoms. The Kier molecular flexibility index (Phi) is 8.49. The first-order valence-electron chi connectivity index (χ1n) is 13.4. The van der Waals surface area contributed by atoms with Gasteiger partial charge in [0.15, 0.2) is 0 Å². The smallest absolute Gasteiger partial charge is 0.407 e. The number of aromatic amines is 1. The number of amides is 1. The number of hydrogen-bond acceptors (Lipinski definition) is 5. The highest BCUT2D eigenvalue weighted by molar-refractivity contribution is 5.67. The van der Waals surface area contributed by atoms with Crippen LogP contribution in [0.4, 0.5) is 18.0 Å². The van der Waals surface area contributed by atoms with Crippen molar-refractivity contribution in [1.29, 1.82) is 0 Å². The number of carbonyl (C=O) groups excluding carboxylic acids is 1. The lowest BCUT2D eigenvalue weighted by Crippen LogP contribution is -2.48. The van der Waals surface area contributed by atoms with E-state index in [9.17, 15) is 9.18 Å². The number of fused-ring (bicyclic) bond motifs is 1. The molecule has 10 heteroatoms. The summed E-state index contributed by atoms with van der Waals surface area (Å²) in [5.74, 6) is -1.59. The minimum absolute atomic E-state index is 0.00474. The Hall–Kier alpha value is -3.53. The second-order valence-electron chi connectivity index (χ2n) is 11.8. The van der Waals surface area contributed by atoms with Crippen LogP contribution in [0.15, 0.2) is 42.7 Å². The maximum atomic E-state index is 15.7. The first-order valence-corrected chi connectivity index (χ1v) is 13.4. The fourth-order valence-corrected chi connectivity index (χ4v) is 5.05. The third kappa shape index (κ3) is 7.15. The Bertz CT molecular complexity index is 1310. The maximum Gasteiger partial charge on any atom is 0.407 e. The van der Waals surface area contributed by atoms with Gasteiger partial charge in [-0.05, 0) is 64.7 Å². The van der Waals surface area contributed by atoms with Crippen LogP contribution in [0.1, 0.15) is 64.3 Å². The number of alkyl carbamates (subject to hydrolysis) is 1. The Morgan fingerprint density at radius 1 is 1.12 bits per heavy atom. The van der Waals surface area contributed by atoms with Gasteiger partial charge in [0.2, 0.25) is 0 Å². The Labute approximate surface area is 233 Å². The molecule has 1 aliphatic heterocycles. The normalized spacial score (nSPS) is 17.8. The lowest BCUT2D eigenvalue weighted by molar-refractivity contribution is 0.0520. The largest absolute Gasteiger partial charge is 0.492 e. The molecule has 0 aliphatic carbocycles. The van der Waals surface area contributed by atoms with Crippen molar-refractivity contribution in [2.75, 3.05) is 19.7 Å². The first kappa shape index (κ1) is 29.5. The quantitative estimate of drug-likeness (QED) is 0.316. The second-order valence-corrected chi connectivity index (χ2v) is 11.8. The van der Waals surface area contributed by atoms with Gasteiger partial charge in [-0.3, -0.25) is 10.00 Å². The summed E-state index contributed by atoms with van der Waals surface area (Å²) in [7, 11) is 0. The molecule has 216 valence electrons. The zero-order valence-corrected chi connectivity index (χ0v) is 23.8. The molecule has 0 radical (unpaired) electrons. The predicted octanol–water partition coefficient (Wildman–Crippen LogP) is 6.34. The number of benzene rings is 2. The Morgan fingerprint density at radius 3 is 2.42 bits per heavy atom. The monoisotopic (exact) mass is 558 g/mol. The van der Waals surface area contributed by atoms with E-state index in [1.165, 1.54) is 13.8 Å². The van der Waals surface area contributed by atoms with E-state index in [4.69, 9.17) is 9.47 Å². The van der Waals surface area contributed by atoms with E-state index >= 15 is 8.78 Å². The van der Waals surface area contributed by atoms with Gasteiger partial charge in [0, 0.05) is 42.0 Å². The topological polar surface area (TPSA) is 79.5 Å². The lowest BCUT2D eigenvalue weighted by Gasteiger charge is -2.44. The van der Waals surface area contributed by atoms with Crippen LogP contribution in [0.5, 0.6) is 5.75 Å². The van der Waals surface area contributed by atoms with Crippen LogP contribution >= 0.6 is 0 Å². The van der Waals surface area contributed by atoms with Gasteiger partial charge in [0.1, 0.15) is 35.3 Å². The molecule has 1 aromatic heterocycles. The molecule has 1 amide bonds. The third-order valence-corrected chi connectivity index (χ3v) is 6.61. The van der Waals surface area contributed by atoms with Gasteiger partial charge >= 0.3 is 6.09 Å². The zero-order chi connectivity index (χ0) is 29.2. The van der Waals surface area contributed by atoms with Crippen molar-refractivity contribution in [3.05, 3.63) is 71.1 Å². The fraction of sp³-hybridized carbons (Fsp3) is 0.467. The van der Waals surface area contributed by atoms with Gasteiger partial charge in [-0.2, -0.15) is 5.10 Å². The molecular formula is C30H37F3N4O3. The molecule has 0 saturated heterocycles. The number of ether oxygens (including phenoxy) is 2. The molecule has 2 atom stereocenters. The second kappa shape index (κ2) is 11.5. The average Bonchev–Trinajstić information content (AvgIpc) is 3.36. The van der Waals surface area contributed by atoms with Crippen LogP contribution in [0.2, 0.25) is 0 Å². The molecule has 2 aromatic carbocycles. The number of alkyl halides is 1. The van der Waals surface area contributed by atoms with Crippen LogP contribution in [0, 0.1) is 11.6 Å². The Balaban J connectivity index is 1.61. The summed E-state index contributed by atoms with van der Waals surface area (Å²) < 4.78 is 57.0. The van der Waals surface area contributed by atoms with E-state index in [-0.39, 0.29) is 37.1 Å². The SMILES string of the molecule is C[C@@H]1Cc2cc(-c3cn[nH]c3)ccc2[C@@H](c2c(F)cc(OCCNC(=O)OC(C)(C)C)cc2F)N1CC(C)(C)F. The summed E-state index contributed by atoms with van der Waals surface area (Å²) in [6.07, 6.45) is 3.48. The summed E-state index contributed by atoms with van der Waals surface area (Å²) in [5.41, 5.74) is 1.11. The number of nitrogens with zero attached hydrogens (tertiary/aromatic N) is 2. The highest BCUT2D eigenvalue weighted by Crippen LogP contribution is 2.42. The lowest BCUT2D eigenvalue weighted by atomic mass is 9.82. The van der Waals surface area contributed by atoms with Gasteiger partial charge in [-0.25, -0.2) is 18.0 Å². The molecular weight excluding hydrogens is 521 g/mol. The number of aromatic nitrogens is 2. The zero-order valence-electron chi connectivity index (χ0n) is 23.8. The van der Waals surface area contributed by atoms with Crippen molar-refractivity contribution in [1.82, 2.24) is 20.4 Å². The molecule has 2 N–H and O–H groups in total. The van der Waals surface area contributed by atoms with Gasteiger partial charge in [0.05, 0.1) is 18.8 Å². The summed E-state index contributed by atoms with van der Waals surface area (Å²) in [6.45, 7) is 10.2. The van der Waals surface area contributed by atoms with Crippen LogP contribution in [0.3, 0.4) is 0 Å². The Morgan fingerprint density at radius 2 is 1.82 bits per heavy atom. The van der Waals surface area contributed by atoms with Crippen LogP contribution < -0.4 is 10.1 Å². The number of nitrogens with one attached hydrogen (secondary N) is 2. The van der Waals surface area contributed by atoms with E-state index in [0.29, 0.717) is 6.42 Å². The van der Waals surface area contributed by atoms with Crippen LogP contribution in [-0.4, -0.2) is 58.2 Å². The van der Waals surface area contributed by atoms with Crippen LogP contribution in [-0.2, 0) is 11.2 Å². The van der Waals surface area contributed by atoms with Crippen molar-refractivity contribution in [3.8, 4) is 16.9 Å². The summed E-state index contributed by atoms with van der Waals surface area (Å²) in [4.78, 5) is 13.6. The molecule has 0 fully saturated rings. The highest BCUT2D eigenvalue weighted by Gasteiger charge is 2.39. The molecule has 40 heavy (non-hydrogen) atoms. The first-order chi connectivity index (χ1) is 18.7. The summed E-state index contributed by atoms with van der Waals surface area (Å²) in [5, 5.41) is 9.35. The van der Waals surface area contributed by atoms with Gasteiger partial charge in [-0.15, -0.1) is 0 Å². The van der Waals surface area contributed by atoms with E-state index in [0.717, 1.165) is 34.4 Å². The average molecular weight is 559 g/mol. The molecule has 4 rings (SSSR count). The van der Waals surface area contributed by atoms with E-state index in [1.807, 2.05) is 30.0 Å². The number of halogens is 3. The van der Waals surface area contributed by atoms with Crippen LogP contribution in [0.25, 0.3) is 11.1 Å². The standard InChI is InChI=1S/C30H37F3N4O3/c1-18-11-20-12-19(21-15-35-36-16-21)7-8-23(20)27(37(18)17-30(5,6)33)26-24(31)13-22(14-25(26)32)39-10-9-34-28(38)40-29(2,3)4/h7-8,12-16,18,27H,9-11,17H2,1-6H3,(H,34,38)(H,35,36)/t18-,27+/m1/s1. The van der Waals surface area contributed by atoms with E-state index < -0.39 is 35.0 Å². The number of H-pyrrole nitrogens is 1. The number of hydrogen-bond donors (Lipinski definition) is 2. The fourth-order valence-electron chi connectivity index (χ4n) is 5.05. The minimum Gasteiger partial charge on any atom is -0.492 e. The number of carbonyl (C=O) groups is 1. The summed E-state index contributed by atoms with van der Waals surface area (Å²) >= 11 is 0.